The van der Waals surface area contributed by atoms with Gasteiger partial charge >= 0.3 is 0 Å². The number of likely N-dealkylation sites (tertiary alicyclic amines) is 1. The number of hydrogen-bond acceptors (Lipinski definition) is 3. The van der Waals surface area contributed by atoms with E-state index in [1.165, 1.54) is 24.0 Å². The number of benzene rings is 1. The number of hydrogen-bond donors (Lipinski definition) is 1. The highest BCUT2D eigenvalue weighted by Crippen LogP contribution is 2.13. The highest BCUT2D eigenvalue weighted by molar-refractivity contribution is 5.26. The van der Waals surface area contributed by atoms with E-state index in [4.69, 9.17) is 11.2 Å². The summed E-state index contributed by atoms with van der Waals surface area (Å²) in [7, 11) is 0. The van der Waals surface area contributed by atoms with Crippen molar-refractivity contribution in [3.05, 3.63) is 35.4 Å². The van der Waals surface area contributed by atoms with Crippen LogP contribution in [-0.2, 0) is 17.9 Å². The first-order chi connectivity index (χ1) is 10.3. The molecule has 114 valence electrons. The number of nitrogens with zero attached hydrogens (tertiary/aromatic N) is 1. The summed E-state index contributed by atoms with van der Waals surface area (Å²) in [6.45, 7) is 7.40. The fourth-order valence-electron chi connectivity index (χ4n) is 2.76. The molecule has 0 aliphatic carbocycles. The minimum atomic E-state index is 0.596. The summed E-state index contributed by atoms with van der Waals surface area (Å²) in [6.07, 6.45) is 7.72. The molecule has 1 aliphatic rings. The van der Waals surface area contributed by atoms with E-state index in [9.17, 15) is 0 Å². The predicted molar refractivity (Wildman–Crippen MR) is 86.9 cm³/mol. The van der Waals surface area contributed by atoms with Crippen LogP contribution in [-0.4, -0.2) is 37.2 Å². The fourth-order valence-corrected chi connectivity index (χ4v) is 2.76. The minimum Gasteiger partial charge on any atom is -0.377 e. The lowest BCUT2D eigenvalue weighted by atomic mass is 10.0. The van der Waals surface area contributed by atoms with Gasteiger partial charge in [0.15, 0.2) is 0 Å². The molecule has 1 heterocycles. The first-order valence-corrected chi connectivity index (χ1v) is 7.87. The van der Waals surface area contributed by atoms with Gasteiger partial charge in [-0.2, -0.15) is 0 Å². The Hall–Kier alpha value is -1.34. The van der Waals surface area contributed by atoms with Gasteiger partial charge in [-0.25, -0.2) is 0 Å². The van der Waals surface area contributed by atoms with E-state index in [0.29, 0.717) is 12.6 Å². The van der Waals surface area contributed by atoms with E-state index in [2.05, 4.69) is 40.4 Å². The monoisotopic (exact) mass is 286 g/mol. The van der Waals surface area contributed by atoms with Crippen LogP contribution in [0.15, 0.2) is 24.3 Å². The van der Waals surface area contributed by atoms with Gasteiger partial charge in [0.1, 0.15) is 0 Å². The van der Waals surface area contributed by atoms with E-state index < -0.39 is 0 Å². The molecule has 0 amide bonds. The van der Waals surface area contributed by atoms with E-state index in [1.807, 2.05) is 6.92 Å². The quantitative estimate of drug-likeness (QED) is 0.779. The van der Waals surface area contributed by atoms with Crippen molar-refractivity contribution in [1.29, 1.82) is 0 Å². The molecule has 2 rings (SSSR count). The predicted octanol–water partition coefficient (Wildman–Crippen LogP) is 2.41. The van der Waals surface area contributed by atoms with Crippen molar-refractivity contribution >= 4 is 0 Å². The molecule has 3 nitrogen and oxygen atoms in total. The van der Waals surface area contributed by atoms with Crippen LogP contribution < -0.4 is 5.32 Å². The standard InChI is InChI=1S/C18H26N2O/c1-3-11-20-12-9-18(10-13-20)19-14-16-7-5-6-8-17(16)15-21-4-2/h1,5-8,18-19H,4,9-15H2,2H3. The van der Waals surface area contributed by atoms with Crippen LogP contribution in [0, 0.1) is 12.3 Å². The molecule has 0 atom stereocenters. The third-order valence-corrected chi connectivity index (χ3v) is 4.06. The lowest BCUT2D eigenvalue weighted by Crippen LogP contribution is -2.42. The zero-order chi connectivity index (χ0) is 14.9. The Kier molecular flexibility index (Phi) is 6.75. The molecular weight excluding hydrogens is 260 g/mol. The van der Waals surface area contributed by atoms with E-state index in [1.54, 1.807) is 0 Å². The van der Waals surface area contributed by atoms with Crippen molar-refractivity contribution < 1.29 is 4.74 Å². The van der Waals surface area contributed by atoms with Crippen molar-refractivity contribution in [3.63, 3.8) is 0 Å². The van der Waals surface area contributed by atoms with Crippen LogP contribution in [0.5, 0.6) is 0 Å². The summed E-state index contributed by atoms with van der Waals surface area (Å²) in [4.78, 5) is 2.35. The normalized spacial score (nSPS) is 16.8. The average Bonchev–Trinajstić information content (AvgIpc) is 2.53. The second-order valence-corrected chi connectivity index (χ2v) is 5.54. The molecule has 1 fully saturated rings. The minimum absolute atomic E-state index is 0.596. The summed E-state index contributed by atoms with van der Waals surface area (Å²) in [6, 6.07) is 9.12. The maximum Gasteiger partial charge on any atom is 0.0719 e. The Morgan fingerprint density at radius 3 is 2.67 bits per heavy atom. The summed E-state index contributed by atoms with van der Waals surface area (Å²) < 4.78 is 5.54. The highest BCUT2D eigenvalue weighted by Gasteiger charge is 2.18. The third-order valence-electron chi connectivity index (χ3n) is 4.06. The van der Waals surface area contributed by atoms with Crippen molar-refractivity contribution in [3.8, 4) is 12.3 Å². The molecule has 0 aromatic heterocycles. The van der Waals surface area contributed by atoms with Crippen molar-refractivity contribution in [2.75, 3.05) is 26.2 Å². The number of nitrogens with one attached hydrogen (secondary N) is 1. The number of terminal acetylenes is 1. The Bertz CT molecular complexity index is 459. The topological polar surface area (TPSA) is 24.5 Å². The highest BCUT2D eigenvalue weighted by atomic mass is 16.5. The molecule has 1 N–H and O–H groups in total. The summed E-state index contributed by atoms with van der Waals surface area (Å²) >= 11 is 0. The Morgan fingerprint density at radius 2 is 2.00 bits per heavy atom. The van der Waals surface area contributed by atoms with E-state index >= 15 is 0 Å². The summed E-state index contributed by atoms with van der Waals surface area (Å²) in [5.41, 5.74) is 2.63. The molecule has 21 heavy (non-hydrogen) atoms. The van der Waals surface area contributed by atoms with E-state index in [-0.39, 0.29) is 0 Å². The summed E-state index contributed by atoms with van der Waals surface area (Å²) in [5, 5.41) is 3.68. The Morgan fingerprint density at radius 1 is 1.29 bits per heavy atom. The van der Waals surface area contributed by atoms with Gasteiger partial charge in [-0.3, -0.25) is 4.90 Å². The molecule has 1 aromatic rings. The van der Waals surface area contributed by atoms with Gasteiger partial charge in [0, 0.05) is 32.3 Å². The van der Waals surface area contributed by atoms with Crippen LogP contribution in [0.4, 0.5) is 0 Å². The van der Waals surface area contributed by atoms with Crippen molar-refractivity contribution in [2.45, 2.75) is 39.0 Å². The van der Waals surface area contributed by atoms with Gasteiger partial charge in [0.25, 0.3) is 0 Å². The second kappa shape index (κ2) is 8.84. The van der Waals surface area contributed by atoms with E-state index in [0.717, 1.165) is 32.8 Å². The van der Waals surface area contributed by atoms with Crippen molar-refractivity contribution in [2.24, 2.45) is 0 Å². The number of ether oxygens (including phenoxy) is 1. The smallest absolute Gasteiger partial charge is 0.0719 e. The SMILES string of the molecule is C#CCN1CCC(NCc2ccccc2COCC)CC1. The van der Waals surface area contributed by atoms with Gasteiger partial charge in [-0.1, -0.05) is 30.2 Å². The van der Waals surface area contributed by atoms with Gasteiger partial charge < -0.3 is 10.1 Å². The number of piperidine rings is 1. The lowest BCUT2D eigenvalue weighted by Gasteiger charge is -2.31. The molecule has 0 bridgehead atoms. The zero-order valence-corrected chi connectivity index (χ0v) is 13.0. The van der Waals surface area contributed by atoms with Gasteiger partial charge in [0.2, 0.25) is 0 Å². The first-order valence-electron chi connectivity index (χ1n) is 7.87. The molecule has 0 spiro atoms. The van der Waals surface area contributed by atoms with Crippen molar-refractivity contribution in [1.82, 2.24) is 10.2 Å². The first kappa shape index (κ1) is 16.0. The maximum absolute atomic E-state index is 5.54. The number of rotatable bonds is 7. The average molecular weight is 286 g/mol. The molecule has 1 saturated heterocycles. The summed E-state index contributed by atoms with van der Waals surface area (Å²) in [5.74, 6) is 2.73. The Balaban J connectivity index is 1.80. The second-order valence-electron chi connectivity index (χ2n) is 5.54. The maximum atomic E-state index is 5.54. The molecule has 3 heteroatoms. The van der Waals surface area contributed by atoms with Gasteiger partial charge in [-0.15, -0.1) is 6.42 Å². The molecule has 0 radical (unpaired) electrons. The molecule has 0 saturated carbocycles. The van der Waals surface area contributed by atoms with Gasteiger partial charge in [0.05, 0.1) is 13.2 Å². The van der Waals surface area contributed by atoms with Gasteiger partial charge in [-0.05, 0) is 30.9 Å². The van der Waals surface area contributed by atoms with Crippen LogP contribution in [0.1, 0.15) is 30.9 Å². The van der Waals surface area contributed by atoms with Crippen LogP contribution in [0.3, 0.4) is 0 Å². The van der Waals surface area contributed by atoms with Crippen LogP contribution >= 0.6 is 0 Å². The third kappa shape index (κ3) is 5.17. The molecular formula is C18H26N2O. The molecule has 1 aromatic carbocycles. The fraction of sp³-hybridized carbons (Fsp3) is 0.556. The van der Waals surface area contributed by atoms with Crippen LogP contribution in [0.2, 0.25) is 0 Å². The molecule has 0 unspecified atom stereocenters. The molecule has 1 aliphatic heterocycles. The zero-order valence-electron chi connectivity index (χ0n) is 13.0. The lowest BCUT2D eigenvalue weighted by molar-refractivity contribution is 0.133. The Labute approximate surface area is 128 Å². The van der Waals surface area contributed by atoms with Crippen LogP contribution in [0.25, 0.3) is 0 Å². The largest absolute Gasteiger partial charge is 0.377 e.